The summed E-state index contributed by atoms with van der Waals surface area (Å²) in [5, 5.41) is 16.9. The monoisotopic (exact) mass is 465 g/mol. The molecule has 0 amide bonds. The number of nitrogens with one attached hydrogen (secondary N) is 2. The molecular weight excluding hydrogens is 441 g/mol. The topological polar surface area (TPSA) is 75.1 Å². The highest BCUT2D eigenvalue weighted by molar-refractivity contribution is 14.0. The van der Waals surface area contributed by atoms with Crippen molar-refractivity contribution in [1.29, 1.82) is 0 Å². The van der Waals surface area contributed by atoms with E-state index in [1.54, 1.807) is 11.8 Å². The lowest BCUT2D eigenvalue weighted by Crippen LogP contribution is -2.47. The second kappa shape index (κ2) is 9.00. The van der Waals surface area contributed by atoms with Crippen LogP contribution in [0.5, 0.6) is 11.5 Å². The lowest BCUT2D eigenvalue weighted by atomic mass is 10.0. The summed E-state index contributed by atoms with van der Waals surface area (Å²) in [4.78, 5) is 4.58. The number of fused-ring (bicyclic) bond motifs is 1. The molecule has 0 spiro atoms. The third kappa shape index (κ3) is 5.06. The minimum absolute atomic E-state index is 0. The fraction of sp³-hybridized carbons (Fsp3) is 0.562. The summed E-state index contributed by atoms with van der Waals surface area (Å²) in [6.07, 6.45) is 0.826. The Kier molecular flexibility index (Phi) is 7.30. The van der Waals surface area contributed by atoms with Gasteiger partial charge in [-0.2, -0.15) is 11.8 Å². The van der Waals surface area contributed by atoms with Crippen LogP contribution in [0.2, 0.25) is 0 Å². The van der Waals surface area contributed by atoms with Crippen LogP contribution in [0.15, 0.2) is 23.2 Å². The fourth-order valence-electron chi connectivity index (χ4n) is 2.54. The van der Waals surface area contributed by atoms with Gasteiger partial charge in [-0.3, -0.25) is 0 Å². The van der Waals surface area contributed by atoms with E-state index in [1.807, 2.05) is 25.1 Å². The first-order valence-corrected chi connectivity index (χ1v) is 9.05. The lowest BCUT2D eigenvalue weighted by molar-refractivity contribution is 0.0724. The summed E-state index contributed by atoms with van der Waals surface area (Å²) in [5.74, 6) is 4.07. The fourth-order valence-corrected chi connectivity index (χ4v) is 3.83. The number of hydrogen-bond acceptors (Lipinski definition) is 5. The van der Waals surface area contributed by atoms with Gasteiger partial charge in [0.05, 0.1) is 12.1 Å². The molecular formula is C16H24IN3O3S. The summed E-state index contributed by atoms with van der Waals surface area (Å²) in [6, 6.07) is 5.85. The molecule has 1 aromatic carbocycles. The molecule has 2 aliphatic rings. The highest BCUT2D eigenvalue weighted by Crippen LogP contribution is 2.32. The van der Waals surface area contributed by atoms with Crippen LogP contribution in [0.25, 0.3) is 0 Å². The van der Waals surface area contributed by atoms with Gasteiger partial charge >= 0.3 is 0 Å². The Morgan fingerprint density at radius 1 is 1.33 bits per heavy atom. The first-order chi connectivity index (χ1) is 11.2. The number of aliphatic imine (C=N–C) groups is 1. The Morgan fingerprint density at radius 2 is 2.17 bits per heavy atom. The van der Waals surface area contributed by atoms with Crippen molar-refractivity contribution in [3.05, 3.63) is 23.8 Å². The maximum Gasteiger partial charge on any atom is 0.231 e. The quantitative estimate of drug-likeness (QED) is 0.351. The van der Waals surface area contributed by atoms with Crippen LogP contribution in [0, 0.1) is 0 Å². The Morgan fingerprint density at radius 3 is 2.92 bits per heavy atom. The molecule has 0 aromatic heterocycles. The molecule has 2 aliphatic heterocycles. The highest BCUT2D eigenvalue weighted by Gasteiger charge is 2.31. The Balaban J connectivity index is 0.00000208. The average Bonchev–Trinajstić information content (AvgIpc) is 3.19. The van der Waals surface area contributed by atoms with Gasteiger partial charge in [-0.15, -0.1) is 24.0 Å². The smallest absolute Gasteiger partial charge is 0.231 e. The van der Waals surface area contributed by atoms with Gasteiger partial charge in [-0.05, 0) is 36.8 Å². The second-order valence-electron chi connectivity index (χ2n) is 5.76. The van der Waals surface area contributed by atoms with E-state index in [-0.39, 0.29) is 30.8 Å². The average molecular weight is 465 g/mol. The van der Waals surface area contributed by atoms with Crippen molar-refractivity contribution >= 4 is 41.7 Å². The van der Waals surface area contributed by atoms with Gasteiger partial charge in [0.15, 0.2) is 17.5 Å². The molecule has 2 heterocycles. The van der Waals surface area contributed by atoms with Crippen molar-refractivity contribution in [2.24, 2.45) is 4.99 Å². The van der Waals surface area contributed by atoms with Gasteiger partial charge < -0.3 is 25.2 Å². The van der Waals surface area contributed by atoms with Crippen molar-refractivity contribution in [3.8, 4) is 11.5 Å². The first kappa shape index (κ1) is 19.5. The summed E-state index contributed by atoms with van der Waals surface area (Å²) >= 11 is 1.79. The summed E-state index contributed by atoms with van der Waals surface area (Å²) in [6.45, 7) is 4.15. The number of hydrogen-bond donors (Lipinski definition) is 3. The highest BCUT2D eigenvalue weighted by atomic mass is 127. The molecule has 0 bridgehead atoms. The largest absolute Gasteiger partial charge is 0.454 e. The molecule has 24 heavy (non-hydrogen) atoms. The molecule has 0 aliphatic carbocycles. The molecule has 3 N–H and O–H groups in total. The third-order valence-corrected chi connectivity index (χ3v) is 5.10. The van der Waals surface area contributed by atoms with Crippen LogP contribution in [-0.4, -0.2) is 48.1 Å². The van der Waals surface area contributed by atoms with E-state index in [0.29, 0.717) is 13.1 Å². The van der Waals surface area contributed by atoms with E-state index < -0.39 is 5.60 Å². The van der Waals surface area contributed by atoms with E-state index in [4.69, 9.17) is 9.47 Å². The maximum atomic E-state index is 10.4. The van der Waals surface area contributed by atoms with E-state index in [0.717, 1.165) is 47.5 Å². The van der Waals surface area contributed by atoms with Gasteiger partial charge in [0, 0.05) is 18.8 Å². The number of aliphatic hydroxyl groups is 1. The number of benzene rings is 1. The van der Waals surface area contributed by atoms with Gasteiger partial charge in [0.2, 0.25) is 6.79 Å². The molecule has 1 aromatic rings. The van der Waals surface area contributed by atoms with Crippen LogP contribution < -0.4 is 20.1 Å². The molecule has 3 rings (SSSR count). The number of halogens is 1. The van der Waals surface area contributed by atoms with Crippen LogP contribution in [-0.2, 0) is 6.54 Å². The minimum atomic E-state index is -0.625. The predicted octanol–water partition coefficient (Wildman–Crippen LogP) is 1.96. The summed E-state index contributed by atoms with van der Waals surface area (Å²) in [5.41, 5.74) is 0.432. The molecule has 1 unspecified atom stereocenters. The normalized spacial score (nSPS) is 22.2. The van der Waals surface area contributed by atoms with Crippen molar-refractivity contribution < 1.29 is 14.6 Å². The summed E-state index contributed by atoms with van der Waals surface area (Å²) < 4.78 is 10.7. The van der Waals surface area contributed by atoms with Gasteiger partial charge in [-0.1, -0.05) is 6.07 Å². The Hall–Kier alpha value is -0.870. The second-order valence-corrected chi connectivity index (χ2v) is 6.87. The molecule has 1 atom stereocenters. The van der Waals surface area contributed by atoms with Gasteiger partial charge in [-0.25, -0.2) is 4.99 Å². The Bertz CT molecular complexity index is 580. The van der Waals surface area contributed by atoms with E-state index in [9.17, 15) is 5.11 Å². The molecule has 6 nitrogen and oxygen atoms in total. The molecule has 134 valence electrons. The standard InChI is InChI=1S/C16H23N3O3S.HI/c1-2-17-15(19-9-16(20)5-6-23-10-16)18-8-12-3-4-13-14(7-12)22-11-21-13;/h3-4,7,20H,2,5-6,8-11H2,1H3,(H2,17,18,19);1H. The minimum Gasteiger partial charge on any atom is -0.454 e. The zero-order valence-electron chi connectivity index (χ0n) is 13.7. The van der Waals surface area contributed by atoms with E-state index in [1.165, 1.54) is 0 Å². The predicted molar refractivity (Wildman–Crippen MR) is 108 cm³/mol. The zero-order valence-corrected chi connectivity index (χ0v) is 16.9. The van der Waals surface area contributed by atoms with Crippen LogP contribution in [0.1, 0.15) is 18.9 Å². The number of rotatable bonds is 5. The maximum absolute atomic E-state index is 10.4. The van der Waals surface area contributed by atoms with Crippen molar-refractivity contribution in [2.75, 3.05) is 31.4 Å². The van der Waals surface area contributed by atoms with Crippen molar-refractivity contribution in [2.45, 2.75) is 25.5 Å². The zero-order chi connectivity index (χ0) is 16.1. The Labute approximate surface area is 163 Å². The van der Waals surface area contributed by atoms with Crippen LogP contribution in [0.4, 0.5) is 0 Å². The van der Waals surface area contributed by atoms with Gasteiger partial charge in [0.1, 0.15) is 0 Å². The third-order valence-electron chi connectivity index (χ3n) is 3.87. The SMILES string of the molecule is CCNC(=NCc1ccc2c(c1)OCO2)NCC1(O)CCSC1.I. The lowest BCUT2D eigenvalue weighted by Gasteiger charge is -2.23. The molecule has 8 heteroatoms. The molecule has 1 fully saturated rings. The van der Waals surface area contributed by atoms with Crippen molar-refractivity contribution in [1.82, 2.24) is 10.6 Å². The van der Waals surface area contributed by atoms with Crippen LogP contribution >= 0.6 is 35.7 Å². The van der Waals surface area contributed by atoms with E-state index in [2.05, 4.69) is 15.6 Å². The first-order valence-electron chi connectivity index (χ1n) is 7.89. The molecule has 1 saturated heterocycles. The number of thioether (sulfide) groups is 1. The molecule has 0 saturated carbocycles. The van der Waals surface area contributed by atoms with Crippen molar-refractivity contribution in [3.63, 3.8) is 0 Å². The summed E-state index contributed by atoms with van der Waals surface area (Å²) in [7, 11) is 0. The van der Waals surface area contributed by atoms with Crippen LogP contribution in [0.3, 0.4) is 0 Å². The number of ether oxygens (including phenoxy) is 2. The molecule has 0 radical (unpaired) electrons. The van der Waals surface area contributed by atoms with Gasteiger partial charge in [0.25, 0.3) is 0 Å². The number of nitrogens with zero attached hydrogens (tertiary/aromatic N) is 1. The van der Waals surface area contributed by atoms with E-state index >= 15 is 0 Å². The number of guanidine groups is 1.